The minimum absolute atomic E-state index is 0.0649. The van der Waals surface area contributed by atoms with Crippen LogP contribution in [0.1, 0.15) is 32.6 Å². The van der Waals surface area contributed by atoms with Gasteiger partial charge in [0.15, 0.2) is 0 Å². The predicted octanol–water partition coefficient (Wildman–Crippen LogP) is 2.94. The fourth-order valence-electron chi connectivity index (χ4n) is 0.702. The summed E-state index contributed by atoms with van der Waals surface area (Å²) in [4.78, 5) is 10.3. The number of rotatable bonds is 5. The van der Waals surface area contributed by atoms with Crippen LogP contribution in [0.4, 0.5) is 0 Å². The molecular weight excluding hydrogens is 171 g/mol. The fraction of sp³-hybridized carbons (Fsp3) is 0.857. The number of unbranched alkanes of at least 4 members (excludes halogenated alkanes) is 1. The largest absolute Gasteiger partial charge is 0.281 e. The van der Waals surface area contributed by atoms with Crippen molar-refractivity contribution in [2.24, 2.45) is 0 Å². The second-order valence-electron chi connectivity index (χ2n) is 2.30. The summed E-state index contributed by atoms with van der Waals surface area (Å²) in [6, 6.07) is 0. The molecule has 0 aromatic heterocycles. The van der Waals surface area contributed by atoms with Gasteiger partial charge in [-0.3, -0.25) is 4.79 Å². The van der Waals surface area contributed by atoms with Crippen LogP contribution in [-0.2, 0) is 4.79 Å². The van der Waals surface area contributed by atoms with Crippen molar-refractivity contribution in [1.82, 2.24) is 0 Å². The van der Waals surface area contributed by atoms with Crippen LogP contribution in [0.15, 0.2) is 0 Å². The SMILES string of the molecule is CCCCC(Cl)CC(=O)Cl. The zero-order valence-electron chi connectivity index (χ0n) is 6.07. The molecule has 0 fully saturated rings. The van der Waals surface area contributed by atoms with E-state index >= 15 is 0 Å². The highest BCUT2D eigenvalue weighted by atomic mass is 35.5. The molecule has 0 aliphatic carbocycles. The summed E-state index contributed by atoms with van der Waals surface area (Å²) in [5, 5.41) is -0.402. The summed E-state index contributed by atoms with van der Waals surface area (Å²) in [5.41, 5.74) is 0. The van der Waals surface area contributed by atoms with Gasteiger partial charge in [0.2, 0.25) is 5.24 Å². The first kappa shape index (κ1) is 10.2. The molecule has 0 heterocycles. The van der Waals surface area contributed by atoms with Crippen LogP contribution in [0.2, 0.25) is 0 Å². The molecule has 3 heteroatoms. The Labute approximate surface area is 71.7 Å². The van der Waals surface area contributed by atoms with Gasteiger partial charge in [-0.05, 0) is 18.0 Å². The molecule has 0 N–H and O–H groups in total. The third-order valence-electron chi connectivity index (χ3n) is 1.25. The van der Waals surface area contributed by atoms with E-state index in [1.54, 1.807) is 0 Å². The first-order chi connectivity index (χ1) is 4.66. The van der Waals surface area contributed by atoms with Crippen molar-refractivity contribution >= 4 is 28.4 Å². The lowest BCUT2D eigenvalue weighted by atomic mass is 10.2. The van der Waals surface area contributed by atoms with Gasteiger partial charge in [-0.15, -0.1) is 11.6 Å². The lowest BCUT2D eigenvalue weighted by Crippen LogP contribution is -2.02. The molecule has 0 bridgehead atoms. The van der Waals surface area contributed by atoms with Gasteiger partial charge in [0.25, 0.3) is 0 Å². The molecule has 0 spiro atoms. The van der Waals surface area contributed by atoms with Crippen LogP contribution < -0.4 is 0 Å². The van der Waals surface area contributed by atoms with E-state index in [1.807, 2.05) is 0 Å². The average Bonchev–Trinajstić information content (AvgIpc) is 1.82. The Morgan fingerprint density at radius 3 is 2.60 bits per heavy atom. The predicted molar refractivity (Wildman–Crippen MR) is 44.6 cm³/mol. The van der Waals surface area contributed by atoms with Gasteiger partial charge in [-0.1, -0.05) is 19.8 Å². The monoisotopic (exact) mass is 182 g/mol. The van der Waals surface area contributed by atoms with Crippen molar-refractivity contribution in [2.45, 2.75) is 38.0 Å². The maximum atomic E-state index is 10.3. The van der Waals surface area contributed by atoms with Gasteiger partial charge in [0, 0.05) is 11.8 Å². The van der Waals surface area contributed by atoms with Crippen LogP contribution >= 0.6 is 23.2 Å². The lowest BCUT2D eigenvalue weighted by molar-refractivity contribution is -0.111. The van der Waals surface area contributed by atoms with Crippen molar-refractivity contribution in [3.05, 3.63) is 0 Å². The van der Waals surface area contributed by atoms with E-state index in [4.69, 9.17) is 23.2 Å². The second-order valence-corrected chi connectivity index (χ2v) is 3.34. The Bertz CT molecular complexity index is 104. The minimum atomic E-state index is -0.337. The van der Waals surface area contributed by atoms with E-state index in [2.05, 4.69) is 6.92 Å². The van der Waals surface area contributed by atoms with Gasteiger partial charge in [0.05, 0.1) is 0 Å². The Morgan fingerprint density at radius 2 is 2.20 bits per heavy atom. The molecule has 0 aromatic carbocycles. The summed E-state index contributed by atoms with van der Waals surface area (Å²) in [7, 11) is 0. The zero-order valence-corrected chi connectivity index (χ0v) is 7.58. The summed E-state index contributed by atoms with van der Waals surface area (Å²) < 4.78 is 0. The number of carbonyl (C=O) groups is 1. The molecule has 0 saturated heterocycles. The molecular formula is C7H12Cl2O. The van der Waals surface area contributed by atoms with Gasteiger partial charge in [0.1, 0.15) is 0 Å². The van der Waals surface area contributed by atoms with E-state index < -0.39 is 0 Å². The normalized spacial score (nSPS) is 13.1. The Hall–Kier alpha value is 0.250. The maximum Gasteiger partial charge on any atom is 0.223 e. The Kier molecular flexibility index (Phi) is 6.14. The highest BCUT2D eigenvalue weighted by Crippen LogP contribution is 2.12. The molecule has 60 valence electrons. The molecule has 0 amide bonds. The lowest BCUT2D eigenvalue weighted by Gasteiger charge is -2.03. The number of alkyl halides is 1. The van der Waals surface area contributed by atoms with E-state index in [0.29, 0.717) is 6.42 Å². The topological polar surface area (TPSA) is 17.1 Å². The third-order valence-corrected chi connectivity index (χ3v) is 1.78. The standard InChI is InChI=1S/C7H12Cl2O/c1-2-3-4-6(8)5-7(9)10/h6H,2-5H2,1H3. The Morgan fingerprint density at radius 1 is 1.60 bits per heavy atom. The van der Waals surface area contributed by atoms with Crippen LogP contribution in [0.25, 0.3) is 0 Å². The smallest absolute Gasteiger partial charge is 0.223 e. The molecule has 1 nitrogen and oxygen atoms in total. The van der Waals surface area contributed by atoms with E-state index in [0.717, 1.165) is 19.3 Å². The first-order valence-corrected chi connectivity index (χ1v) is 4.30. The van der Waals surface area contributed by atoms with Crippen molar-refractivity contribution in [2.75, 3.05) is 0 Å². The zero-order chi connectivity index (χ0) is 7.98. The minimum Gasteiger partial charge on any atom is -0.281 e. The summed E-state index contributed by atoms with van der Waals surface area (Å²) in [5.74, 6) is 0. The van der Waals surface area contributed by atoms with Crippen LogP contribution in [0.5, 0.6) is 0 Å². The summed E-state index contributed by atoms with van der Waals surface area (Å²) in [6.45, 7) is 2.09. The fourth-order valence-corrected chi connectivity index (χ4v) is 1.26. The number of carbonyl (C=O) groups excluding carboxylic acids is 1. The Balaban J connectivity index is 3.25. The molecule has 10 heavy (non-hydrogen) atoms. The highest BCUT2D eigenvalue weighted by molar-refractivity contribution is 6.63. The van der Waals surface area contributed by atoms with Crippen molar-refractivity contribution in [3.63, 3.8) is 0 Å². The summed E-state index contributed by atoms with van der Waals surface area (Å²) in [6.07, 6.45) is 3.36. The van der Waals surface area contributed by atoms with Crippen molar-refractivity contribution < 1.29 is 4.79 Å². The second kappa shape index (κ2) is 5.99. The molecule has 0 aliphatic rings. The van der Waals surface area contributed by atoms with Crippen LogP contribution in [-0.4, -0.2) is 10.6 Å². The van der Waals surface area contributed by atoms with Crippen LogP contribution in [0.3, 0.4) is 0 Å². The number of hydrogen-bond acceptors (Lipinski definition) is 1. The van der Waals surface area contributed by atoms with Crippen molar-refractivity contribution in [3.8, 4) is 0 Å². The molecule has 0 aliphatic heterocycles. The average molecular weight is 183 g/mol. The van der Waals surface area contributed by atoms with E-state index in [-0.39, 0.29) is 10.6 Å². The molecule has 0 radical (unpaired) electrons. The van der Waals surface area contributed by atoms with Gasteiger partial charge < -0.3 is 0 Å². The van der Waals surface area contributed by atoms with Crippen LogP contribution in [0, 0.1) is 0 Å². The molecule has 1 unspecified atom stereocenters. The number of hydrogen-bond donors (Lipinski definition) is 0. The highest BCUT2D eigenvalue weighted by Gasteiger charge is 2.07. The van der Waals surface area contributed by atoms with E-state index in [1.165, 1.54) is 0 Å². The molecule has 1 atom stereocenters. The van der Waals surface area contributed by atoms with E-state index in [9.17, 15) is 4.79 Å². The van der Waals surface area contributed by atoms with Gasteiger partial charge >= 0.3 is 0 Å². The molecule has 0 rings (SSSR count). The third kappa shape index (κ3) is 6.37. The van der Waals surface area contributed by atoms with Gasteiger partial charge in [-0.2, -0.15) is 0 Å². The van der Waals surface area contributed by atoms with Gasteiger partial charge in [-0.25, -0.2) is 0 Å². The quantitative estimate of drug-likeness (QED) is 0.473. The maximum absolute atomic E-state index is 10.3. The number of halogens is 2. The summed E-state index contributed by atoms with van der Waals surface area (Å²) >= 11 is 10.9. The molecule has 0 aromatic rings. The molecule has 0 saturated carbocycles. The first-order valence-electron chi connectivity index (χ1n) is 3.49. The van der Waals surface area contributed by atoms with Crippen molar-refractivity contribution in [1.29, 1.82) is 0 Å².